The molecule has 1 aliphatic rings. The summed E-state index contributed by atoms with van der Waals surface area (Å²) in [5.41, 5.74) is 0. The van der Waals surface area contributed by atoms with Gasteiger partial charge in [-0.3, -0.25) is 9.67 Å². The highest BCUT2D eigenvalue weighted by Crippen LogP contribution is 2.05. The van der Waals surface area contributed by atoms with E-state index in [-0.39, 0.29) is 6.09 Å². The molecule has 24 heavy (non-hydrogen) atoms. The Kier molecular flexibility index (Phi) is 6.89. The van der Waals surface area contributed by atoms with Crippen LogP contribution in [0.15, 0.2) is 23.5 Å². The van der Waals surface area contributed by atoms with E-state index in [0.29, 0.717) is 25.6 Å². The Morgan fingerprint density at radius 3 is 2.62 bits per heavy atom. The van der Waals surface area contributed by atoms with Crippen molar-refractivity contribution in [2.75, 3.05) is 46.4 Å². The highest BCUT2D eigenvalue weighted by molar-refractivity contribution is 5.80. The van der Waals surface area contributed by atoms with Gasteiger partial charge in [-0.25, -0.2) is 4.79 Å². The Labute approximate surface area is 143 Å². The van der Waals surface area contributed by atoms with Crippen molar-refractivity contribution in [1.29, 1.82) is 0 Å². The smallest absolute Gasteiger partial charge is 0.409 e. The van der Waals surface area contributed by atoms with Gasteiger partial charge in [0.1, 0.15) is 0 Å². The van der Waals surface area contributed by atoms with Crippen LogP contribution >= 0.6 is 0 Å². The monoisotopic (exact) mass is 336 g/mol. The SMILES string of the molecule is CCOC(=O)N1CCN(C(=NC)NCC(C)Cn2cccn2)CC1. The zero-order valence-corrected chi connectivity index (χ0v) is 14.8. The lowest BCUT2D eigenvalue weighted by Crippen LogP contribution is -2.54. The highest BCUT2D eigenvalue weighted by Gasteiger charge is 2.23. The second kappa shape index (κ2) is 9.14. The number of guanidine groups is 1. The van der Waals surface area contributed by atoms with Gasteiger partial charge in [-0.05, 0) is 18.9 Å². The van der Waals surface area contributed by atoms with Crippen molar-refractivity contribution in [2.24, 2.45) is 10.9 Å². The van der Waals surface area contributed by atoms with Crippen molar-refractivity contribution >= 4 is 12.1 Å². The normalized spacial score (nSPS) is 16.9. The van der Waals surface area contributed by atoms with Crippen LogP contribution in [0.2, 0.25) is 0 Å². The summed E-state index contributed by atoms with van der Waals surface area (Å²) in [6.07, 6.45) is 3.54. The third-order valence-corrected chi connectivity index (χ3v) is 3.98. The number of rotatable bonds is 5. The van der Waals surface area contributed by atoms with Gasteiger partial charge in [0.15, 0.2) is 5.96 Å². The molecule has 1 aromatic rings. The minimum Gasteiger partial charge on any atom is -0.450 e. The topological polar surface area (TPSA) is 75.0 Å². The van der Waals surface area contributed by atoms with Crippen molar-refractivity contribution in [3.05, 3.63) is 18.5 Å². The molecular weight excluding hydrogens is 308 g/mol. The molecule has 1 N–H and O–H groups in total. The molecule has 134 valence electrons. The van der Waals surface area contributed by atoms with E-state index < -0.39 is 0 Å². The second-order valence-electron chi connectivity index (χ2n) is 5.93. The number of amides is 1. The lowest BCUT2D eigenvalue weighted by molar-refractivity contribution is 0.0914. The molecule has 8 heteroatoms. The van der Waals surface area contributed by atoms with E-state index in [1.165, 1.54) is 0 Å². The maximum Gasteiger partial charge on any atom is 0.409 e. The van der Waals surface area contributed by atoms with Gasteiger partial charge in [0.05, 0.1) is 6.61 Å². The first-order valence-corrected chi connectivity index (χ1v) is 8.48. The summed E-state index contributed by atoms with van der Waals surface area (Å²) < 4.78 is 6.98. The molecule has 1 unspecified atom stereocenters. The van der Waals surface area contributed by atoms with Crippen LogP contribution in [0.5, 0.6) is 0 Å². The molecule has 0 aromatic carbocycles. The molecule has 8 nitrogen and oxygen atoms in total. The molecular formula is C16H28N6O2. The first-order valence-electron chi connectivity index (χ1n) is 8.48. The Hall–Kier alpha value is -2.25. The van der Waals surface area contributed by atoms with Gasteiger partial charge in [0.25, 0.3) is 0 Å². The highest BCUT2D eigenvalue weighted by atomic mass is 16.6. The fraction of sp³-hybridized carbons (Fsp3) is 0.688. The molecule has 0 bridgehead atoms. The molecule has 0 saturated carbocycles. The van der Waals surface area contributed by atoms with E-state index >= 15 is 0 Å². The number of hydrogen-bond acceptors (Lipinski definition) is 4. The number of nitrogens with zero attached hydrogens (tertiary/aromatic N) is 5. The van der Waals surface area contributed by atoms with Gasteiger partial charge in [-0.2, -0.15) is 5.10 Å². The van der Waals surface area contributed by atoms with E-state index in [4.69, 9.17) is 4.74 Å². The predicted molar refractivity (Wildman–Crippen MR) is 92.9 cm³/mol. The third kappa shape index (κ3) is 5.14. The first-order chi connectivity index (χ1) is 11.6. The Morgan fingerprint density at radius 2 is 2.04 bits per heavy atom. The number of ether oxygens (including phenoxy) is 1. The lowest BCUT2D eigenvalue weighted by Gasteiger charge is -2.36. The standard InChI is InChI=1S/C16H28N6O2/c1-4-24-16(23)21-10-8-20(9-11-21)15(17-3)18-12-14(2)13-22-7-5-6-19-22/h5-7,14H,4,8-13H2,1-3H3,(H,17,18). The molecule has 1 saturated heterocycles. The summed E-state index contributed by atoms with van der Waals surface area (Å²) in [4.78, 5) is 20.0. The Balaban J connectivity index is 1.75. The zero-order chi connectivity index (χ0) is 17.4. The van der Waals surface area contributed by atoms with Gasteiger partial charge in [-0.1, -0.05) is 6.92 Å². The van der Waals surface area contributed by atoms with Gasteiger partial charge < -0.3 is 19.9 Å². The molecule has 0 radical (unpaired) electrons. The number of nitrogens with one attached hydrogen (secondary N) is 1. The molecule has 2 heterocycles. The first kappa shape index (κ1) is 18.1. The van der Waals surface area contributed by atoms with Gasteiger partial charge in [0, 0.05) is 58.7 Å². The summed E-state index contributed by atoms with van der Waals surface area (Å²) in [6, 6.07) is 1.93. The molecule has 1 fully saturated rings. The Morgan fingerprint density at radius 1 is 1.33 bits per heavy atom. The van der Waals surface area contributed by atoms with E-state index in [0.717, 1.165) is 32.1 Å². The second-order valence-corrected chi connectivity index (χ2v) is 5.93. The molecule has 2 rings (SSSR count). The average molecular weight is 336 g/mol. The van der Waals surface area contributed by atoms with Crippen molar-refractivity contribution in [3.63, 3.8) is 0 Å². The summed E-state index contributed by atoms with van der Waals surface area (Å²) in [6.45, 7) is 8.93. The van der Waals surface area contributed by atoms with Crippen molar-refractivity contribution < 1.29 is 9.53 Å². The van der Waals surface area contributed by atoms with Crippen LogP contribution in [0.3, 0.4) is 0 Å². The van der Waals surface area contributed by atoms with E-state index in [1.54, 1.807) is 18.1 Å². The number of hydrogen-bond donors (Lipinski definition) is 1. The van der Waals surface area contributed by atoms with E-state index in [9.17, 15) is 4.79 Å². The number of carbonyl (C=O) groups is 1. The fourth-order valence-electron chi connectivity index (χ4n) is 2.71. The molecule has 0 spiro atoms. The van der Waals surface area contributed by atoms with Crippen LogP contribution in [-0.4, -0.2) is 78.0 Å². The van der Waals surface area contributed by atoms with Gasteiger partial charge in [-0.15, -0.1) is 0 Å². The predicted octanol–water partition coefficient (Wildman–Crippen LogP) is 0.869. The van der Waals surface area contributed by atoms with Crippen LogP contribution in [-0.2, 0) is 11.3 Å². The minimum absolute atomic E-state index is 0.229. The van der Waals surface area contributed by atoms with Crippen LogP contribution in [0.1, 0.15) is 13.8 Å². The van der Waals surface area contributed by atoms with Crippen LogP contribution < -0.4 is 5.32 Å². The zero-order valence-electron chi connectivity index (χ0n) is 14.8. The summed E-state index contributed by atoms with van der Waals surface area (Å²) in [5.74, 6) is 1.31. The summed E-state index contributed by atoms with van der Waals surface area (Å²) >= 11 is 0. The number of piperazine rings is 1. The maximum absolute atomic E-state index is 11.7. The molecule has 1 aliphatic heterocycles. The molecule has 0 aliphatic carbocycles. The molecule has 1 amide bonds. The van der Waals surface area contributed by atoms with E-state index in [2.05, 4.69) is 27.2 Å². The summed E-state index contributed by atoms with van der Waals surface area (Å²) in [5, 5.41) is 7.65. The Bertz CT molecular complexity index is 523. The van der Waals surface area contributed by atoms with Gasteiger partial charge >= 0.3 is 6.09 Å². The molecule has 1 aromatic heterocycles. The summed E-state index contributed by atoms with van der Waals surface area (Å²) in [7, 11) is 1.79. The third-order valence-electron chi connectivity index (χ3n) is 3.98. The largest absolute Gasteiger partial charge is 0.450 e. The van der Waals surface area contributed by atoms with Crippen molar-refractivity contribution in [2.45, 2.75) is 20.4 Å². The number of aromatic nitrogens is 2. The van der Waals surface area contributed by atoms with E-state index in [1.807, 2.05) is 23.9 Å². The van der Waals surface area contributed by atoms with Crippen LogP contribution in [0, 0.1) is 5.92 Å². The van der Waals surface area contributed by atoms with Crippen molar-refractivity contribution in [3.8, 4) is 0 Å². The molecule has 1 atom stereocenters. The fourth-order valence-corrected chi connectivity index (χ4v) is 2.71. The number of carbonyl (C=O) groups excluding carboxylic acids is 1. The van der Waals surface area contributed by atoms with Crippen LogP contribution in [0.25, 0.3) is 0 Å². The quantitative estimate of drug-likeness (QED) is 0.638. The average Bonchev–Trinajstić information content (AvgIpc) is 3.09. The lowest BCUT2D eigenvalue weighted by atomic mass is 10.2. The number of aliphatic imine (C=N–C) groups is 1. The maximum atomic E-state index is 11.7. The van der Waals surface area contributed by atoms with Gasteiger partial charge in [0.2, 0.25) is 0 Å². The van der Waals surface area contributed by atoms with Crippen molar-refractivity contribution in [1.82, 2.24) is 24.9 Å². The minimum atomic E-state index is -0.229. The van der Waals surface area contributed by atoms with Crippen LogP contribution in [0.4, 0.5) is 4.79 Å².